The Kier molecular flexibility index (Phi) is 7.16. The maximum atomic E-state index is 12.6. The van der Waals surface area contributed by atoms with Gasteiger partial charge in [0.1, 0.15) is 4.21 Å². The van der Waals surface area contributed by atoms with E-state index in [4.69, 9.17) is 21.1 Å². The van der Waals surface area contributed by atoms with E-state index in [2.05, 4.69) is 15.2 Å². The first-order valence-corrected chi connectivity index (χ1v) is 11.5. The molecule has 0 fully saturated rings. The number of hydrogen-bond donors (Lipinski definition) is 2. The molecule has 1 amide bonds. The van der Waals surface area contributed by atoms with Crippen molar-refractivity contribution < 1.29 is 22.7 Å². The van der Waals surface area contributed by atoms with Gasteiger partial charge in [-0.05, 0) is 41.3 Å². The van der Waals surface area contributed by atoms with E-state index in [0.717, 1.165) is 11.3 Å². The van der Waals surface area contributed by atoms with Gasteiger partial charge in [0.2, 0.25) is 0 Å². The molecular formula is C20H18ClN3O5S2. The Labute approximate surface area is 188 Å². The standard InChI is InChI=1S/C20H18ClN3O5S2/c1-28-17-11-13(10-15(21)19(17)29-2)12-22-23-20(25)14-6-3-4-7-16(14)24-31(26,27)18-8-5-9-30-18/h3-12,24H,1-2H3,(H,23,25)/b22-12+. The van der Waals surface area contributed by atoms with E-state index in [1.807, 2.05) is 0 Å². The molecule has 2 N–H and O–H groups in total. The maximum Gasteiger partial charge on any atom is 0.273 e. The Morgan fingerprint density at radius 2 is 1.90 bits per heavy atom. The largest absolute Gasteiger partial charge is 0.493 e. The third-order valence-electron chi connectivity index (χ3n) is 4.01. The van der Waals surface area contributed by atoms with Gasteiger partial charge in [0.15, 0.2) is 11.5 Å². The molecule has 0 bridgehead atoms. The minimum absolute atomic E-state index is 0.116. The number of sulfonamides is 1. The van der Waals surface area contributed by atoms with Crippen LogP contribution in [0, 0.1) is 0 Å². The van der Waals surface area contributed by atoms with E-state index in [-0.39, 0.29) is 15.5 Å². The number of rotatable bonds is 8. The van der Waals surface area contributed by atoms with Gasteiger partial charge in [-0.3, -0.25) is 9.52 Å². The van der Waals surface area contributed by atoms with Crippen LogP contribution < -0.4 is 19.6 Å². The number of nitrogens with one attached hydrogen (secondary N) is 2. The number of hydrazone groups is 1. The molecule has 3 aromatic rings. The quantitative estimate of drug-likeness (QED) is 0.375. The number of thiophene rings is 1. The fourth-order valence-corrected chi connectivity index (χ4v) is 4.99. The van der Waals surface area contributed by atoms with Crippen molar-refractivity contribution in [2.45, 2.75) is 4.21 Å². The summed E-state index contributed by atoms with van der Waals surface area (Å²) in [5.41, 5.74) is 3.19. The van der Waals surface area contributed by atoms with Gasteiger partial charge in [-0.25, -0.2) is 13.8 Å². The van der Waals surface area contributed by atoms with Gasteiger partial charge in [-0.2, -0.15) is 5.10 Å². The predicted octanol–water partition coefficient (Wildman–Crippen LogP) is 3.98. The molecule has 11 heteroatoms. The maximum absolute atomic E-state index is 12.6. The molecule has 0 aliphatic heterocycles. The summed E-state index contributed by atoms with van der Waals surface area (Å²) in [5, 5.41) is 5.90. The van der Waals surface area contributed by atoms with E-state index in [1.165, 1.54) is 38.6 Å². The van der Waals surface area contributed by atoms with Gasteiger partial charge in [-0.1, -0.05) is 29.8 Å². The number of amides is 1. The van der Waals surface area contributed by atoms with Crippen molar-refractivity contribution in [3.63, 3.8) is 0 Å². The second-order valence-corrected chi connectivity index (χ2v) is 9.28. The monoisotopic (exact) mass is 479 g/mol. The number of ether oxygens (including phenoxy) is 2. The Balaban J connectivity index is 1.77. The molecule has 31 heavy (non-hydrogen) atoms. The second kappa shape index (κ2) is 9.82. The van der Waals surface area contributed by atoms with E-state index in [9.17, 15) is 13.2 Å². The van der Waals surface area contributed by atoms with Crippen molar-refractivity contribution >= 4 is 50.8 Å². The van der Waals surface area contributed by atoms with Crippen molar-refractivity contribution in [1.82, 2.24) is 5.43 Å². The summed E-state index contributed by atoms with van der Waals surface area (Å²) in [4.78, 5) is 12.6. The lowest BCUT2D eigenvalue weighted by atomic mass is 10.2. The fourth-order valence-electron chi connectivity index (χ4n) is 2.62. The summed E-state index contributed by atoms with van der Waals surface area (Å²) >= 11 is 7.23. The molecule has 1 aromatic heterocycles. The van der Waals surface area contributed by atoms with Crippen LogP contribution in [0.1, 0.15) is 15.9 Å². The number of benzene rings is 2. The minimum Gasteiger partial charge on any atom is -0.493 e. The summed E-state index contributed by atoms with van der Waals surface area (Å²) in [6.07, 6.45) is 1.38. The van der Waals surface area contributed by atoms with E-state index < -0.39 is 15.9 Å². The number of carbonyl (C=O) groups is 1. The Morgan fingerprint density at radius 1 is 1.13 bits per heavy atom. The lowest BCUT2D eigenvalue weighted by Gasteiger charge is -2.11. The molecule has 0 unspecified atom stereocenters. The number of methoxy groups -OCH3 is 2. The molecule has 0 spiro atoms. The van der Waals surface area contributed by atoms with Crippen LogP contribution in [0.4, 0.5) is 5.69 Å². The summed E-state index contributed by atoms with van der Waals surface area (Å²) in [6, 6.07) is 12.6. The Bertz CT molecular complexity index is 1210. The Morgan fingerprint density at radius 3 is 2.58 bits per heavy atom. The van der Waals surface area contributed by atoms with Crippen LogP contribution in [0.3, 0.4) is 0 Å². The number of para-hydroxylation sites is 1. The van der Waals surface area contributed by atoms with E-state index in [1.54, 1.807) is 35.7 Å². The van der Waals surface area contributed by atoms with Gasteiger partial charge in [0.25, 0.3) is 15.9 Å². The molecule has 0 atom stereocenters. The van der Waals surface area contributed by atoms with Crippen molar-refractivity contribution in [3.8, 4) is 11.5 Å². The molecule has 162 valence electrons. The summed E-state index contributed by atoms with van der Waals surface area (Å²) in [6.45, 7) is 0. The normalized spacial score (nSPS) is 11.3. The number of nitrogens with zero attached hydrogens (tertiary/aromatic N) is 1. The molecule has 0 aliphatic carbocycles. The zero-order chi connectivity index (χ0) is 22.4. The van der Waals surface area contributed by atoms with Crippen LogP contribution in [0.5, 0.6) is 11.5 Å². The van der Waals surface area contributed by atoms with Gasteiger partial charge < -0.3 is 9.47 Å². The van der Waals surface area contributed by atoms with Crippen LogP contribution in [-0.2, 0) is 10.0 Å². The molecule has 0 saturated carbocycles. The topological polar surface area (TPSA) is 106 Å². The SMILES string of the molecule is COc1cc(/C=N/NC(=O)c2ccccc2NS(=O)(=O)c2cccs2)cc(Cl)c1OC. The van der Waals surface area contributed by atoms with E-state index >= 15 is 0 Å². The highest BCUT2D eigenvalue weighted by Crippen LogP contribution is 2.35. The fraction of sp³-hybridized carbons (Fsp3) is 0.100. The molecule has 0 aliphatic rings. The molecular weight excluding hydrogens is 462 g/mol. The van der Waals surface area contributed by atoms with Gasteiger partial charge >= 0.3 is 0 Å². The van der Waals surface area contributed by atoms with Gasteiger partial charge in [0, 0.05) is 0 Å². The highest BCUT2D eigenvalue weighted by Gasteiger charge is 2.19. The van der Waals surface area contributed by atoms with Crippen molar-refractivity contribution in [2.75, 3.05) is 18.9 Å². The van der Waals surface area contributed by atoms with Gasteiger partial charge in [-0.15, -0.1) is 11.3 Å². The smallest absolute Gasteiger partial charge is 0.273 e. The van der Waals surface area contributed by atoms with Gasteiger partial charge in [0.05, 0.1) is 36.7 Å². The number of halogens is 1. The predicted molar refractivity (Wildman–Crippen MR) is 121 cm³/mol. The molecule has 8 nitrogen and oxygen atoms in total. The van der Waals surface area contributed by atoms with Crippen LogP contribution in [0.25, 0.3) is 0 Å². The average molecular weight is 480 g/mol. The first-order chi connectivity index (χ1) is 14.9. The van der Waals surface area contributed by atoms with Crippen LogP contribution in [-0.4, -0.2) is 34.8 Å². The molecule has 3 rings (SSSR count). The third kappa shape index (κ3) is 5.35. The molecule has 0 radical (unpaired) electrons. The lowest BCUT2D eigenvalue weighted by molar-refractivity contribution is 0.0956. The summed E-state index contributed by atoms with van der Waals surface area (Å²) in [7, 11) is -0.848. The Hall–Kier alpha value is -3.08. The summed E-state index contributed by atoms with van der Waals surface area (Å²) in [5.74, 6) is 0.209. The van der Waals surface area contributed by atoms with Crippen LogP contribution in [0.2, 0.25) is 5.02 Å². The number of hydrogen-bond acceptors (Lipinski definition) is 7. The first-order valence-electron chi connectivity index (χ1n) is 8.76. The highest BCUT2D eigenvalue weighted by atomic mass is 35.5. The van der Waals surface area contributed by atoms with Crippen LogP contribution in [0.15, 0.2) is 63.2 Å². The molecule has 2 aromatic carbocycles. The number of carbonyl (C=O) groups excluding carboxylic acids is 1. The zero-order valence-electron chi connectivity index (χ0n) is 16.5. The summed E-state index contributed by atoms with van der Waals surface area (Å²) < 4.78 is 37.9. The van der Waals surface area contributed by atoms with Crippen molar-refractivity contribution in [3.05, 3.63) is 70.1 Å². The van der Waals surface area contributed by atoms with E-state index in [0.29, 0.717) is 22.1 Å². The first kappa shape index (κ1) is 22.6. The third-order valence-corrected chi connectivity index (χ3v) is 7.06. The minimum atomic E-state index is -3.80. The van der Waals surface area contributed by atoms with Crippen LogP contribution >= 0.6 is 22.9 Å². The van der Waals surface area contributed by atoms with Crippen molar-refractivity contribution in [1.29, 1.82) is 0 Å². The second-order valence-electron chi connectivity index (χ2n) is 6.02. The average Bonchev–Trinajstić information content (AvgIpc) is 3.29. The highest BCUT2D eigenvalue weighted by molar-refractivity contribution is 7.94. The lowest BCUT2D eigenvalue weighted by Crippen LogP contribution is -2.21. The molecule has 0 saturated heterocycles. The van der Waals surface area contributed by atoms with Crippen molar-refractivity contribution in [2.24, 2.45) is 5.10 Å². The number of anilines is 1. The molecule has 1 heterocycles. The zero-order valence-corrected chi connectivity index (χ0v) is 18.8.